The molecule has 1 aromatic rings. The summed E-state index contributed by atoms with van der Waals surface area (Å²) < 4.78 is 5.03. The Balaban J connectivity index is 2.44. The van der Waals surface area contributed by atoms with Crippen LogP contribution in [0, 0.1) is 11.3 Å². The smallest absolute Gasteiger partial charge is 0.408 e. The van der Waals surface area contributed by atoms with Crippen molar-refractivity contribution < 1.29 is 9.53 Å². The second-order valence-electron chi connectivity index (χ2n) is 3.98. The number of benzene rings is 1. The number of hydrogen-bond donors (Lipinski definition) is 1. The fourth-order valence-electron chi connectivity index (χ4n) is 1.18. The standard InChI is InChI=1S/C13H16N2O2/c1-3-13(2,10-14)15-12(16)17-9-11-7-5-4-6-8-11/h4-8H,3,9H2,1-2H3,(H,15,16). The van der Waals surface area contributed by atoms with Crippen LogP contribution in [0.25, 0.3) is 0 Å². The number of carbonyl (C=O) groups is 1. The van der Waals surface area contributed by atoms with Crippen molar-refractivity contribution in [2.45, 2.75) is 32.4 Å². The quantitative estimate of drug-likeness (QED) is 0.867. The maximum atomic E-state index is 11.5. The highest BCUT2D eigenvalue weighted by Gasteiger charge is 2.24. The van der Waals surface area contributed by atoms with Gasteiger partial charge in [0.25, 0.3) is 0 Å². The Morgan fingerprint density at radius 2 is 2.12 bits per heavy atom. The fraction of sp³-hybridized carbons (Fsp3) is 0.385. The highest BCUT2D eigenvalue weighted by molar-refractivity contribution is 5.68. The number of hydrogen-bond acceptors (Lipinski definition) is 3. The Morgan fingerprint density at radius 3 is 2.65 bits per heavy atom. The third-order valence-corrected chi connectivity index (χ3v) is 2.54. The molecule has 0 aliphatic heterocycles. The fourth-order valence-corrected chi connectivity index (χ4v) is 1.18. The number of amides is 1. The minimum atomic E-state index is -0.867. The molecule has 0 saturated heterocycles. The van der Waals surface area contributed by atoms with E-state index in [-0.39, 0.29) is 6.61 Å². The highest BCUT2D eigenvalue weighted by atomic mass is 16.5. The van der Waals surface area contributed by atoms with Crippen LogP contribution in [0.4, 0.5) is 4.79 Å². The lowest BCUT2D eigenvalue weighted by atomic mass is 10.0. The lowest BCUT2D eigenvalue weighted by Crippen LogP contribution is -2.44. The number of nitrogens with one attached hydrogen (secondary N) is 1. The molecule has 1 unspecified atom stereocenters. The predicted octanol–water partition coefficient (Wildman–Crippen LogP) is 2.61. The van der Waals surface area contributed by atoms with Gasteiger partial charge in [-0.05, 0) is 18.9 Å². The van der Waals surface area contributed by atoms with E-state index in [0.717, 1.165) is 5.56 Å². The van der Waals surface area contributed by atoms with E-state index in [0.29, 0.717) is 6.42 Å². The Bertz CT molecular complexity index is 411. The van der Waals surface area contributed by atoms with Crippen molar-refractivity contribution in [1.82, 2.24) is 5.32 Å². The van der Waals surface area contributed by atoms with Crippen LogP contribution in [0.2, 0.25) is 0 Å². The van der Waals surface area contributed by atoms with Crippen LogP contribution >= 0.6 is 0 Å². The van der Waals surface area contributed by atoms with Gasteiger partial charge in [0.1, 0.15) is 12.1 Å². The third-order valence-electron chi connectivity index (χ3n) is 2.54. The van der Waals surface area contributed by atoms with Gasteiger partial charge >= 0.3 is 6.09 Å². The van der Waals surface area contributed by atoms with E-state index >= 15 is 0 Å². The van der Waals surface area contributed by atoms with Gasteiger partial charge in [-0.3, -0.25) is 0 Å². The lowest BCUT2D eigenvalue weighted by molar-refractivity contribution is 0.132. The molecule has 17 heavy (non-hydrogen) atoms. The van der Waals surface area contributed by atoms with Gasteiger partial charge in [0, 0.05) is 0 Å². The van der Waals surface area contributed by atoms with E-state index in [4.69, 9.17) is 10.00 Å². The number of nitriles is 1. The summed E-state index contributed by atoms with van der Waals surface area (Å²) >= 11 is 0. The largest absolute Gasteiger partial charge is 0.445 e. The zero-order valence-corrected chi connectivity index (χ0v) is 10.1. The van der Waals surface area contributed by atoms with Crippen LogP contribution in [-0.2, 0) is 11.3 Å². The Kier molecular flexibility index (Phi) is 4.53. The normalized spacial score (nSPS) is 13.2. The second kappa shape index (κ2) is 5.90. The maximum Gasteiger partial charge on any atom is 0.408 e. The summed E-state index contributed by atoms with van der Waals surface area (Å²) in [5.41, 5.74) is 0.0473. The molecule has 1 atom stereocenters. The van der Waals surface area contributed by atoms with E-state index in [9.17, 15) is 4.79 Å². The molecule has 0 saturated carbocycles. The van der Waals surface area contributed by atoms with Crippen molar-refractivity contribution in [2.75, 3.05) is 0 Å². The molecule has 1 N–H and O–H groups in total. The zero-order chi connectivity index (χ0) is 12.7. The van der Waals surface area contributed by atoms with Crippen LogP contribution in [0.1, 0.15) is 25.8 Å². The number of rotatable bonds is 4. The van der Waals surface area contributed by atoms with Crippen LogP contribution < -0.4 is 5.32 Å². The molecule has 4 heteroatoms. The third kappa shape index (κ3) is 4.15. The molecule has 0 aliphatic rings. The highest BCUT2D eigenvalue weighted by Crippen LogP contribution is 2.08. The first-order valence-electron chi connectivity index (χ1n) is 5.50. The summed E-state index contributed by atoms with van der Waals surface area (Å²) in [7, 11) is 0. The summed E-state index contributed by atoms with van der Waals surface area (Å²) in [5.74, 6) is 0. The van der Waals surface area contributed by atoms with Crippen molar-refractivity contribution in [3.63, 3.8) is 0 Å². The van der Waals surface area contributed by atoms with Crippen LogP contribution in [0.3, 0.4) is 0 Å². The second-order valence-corrected chi connectivity index (χ2v) is 3.98. The van der Waals surface area contributed by atoms with Crippen molar-refractivity contribution >= 4 is 6.09 Å². The van der Waals surface area contributed by atoms with Gasteiger partial charge in [-0.2, -0.15) is 5.26 Å². The monoisotopic (exact) mass is 232 g/mol. The average molecular weight is 232 g/mol. The lowest BCUT2D eigenvalue weighted by Gasteiger charge is -2.20. The van der Waals surface area contributed by atoms with Gasteiger partial charge in [0.05, 0.1) is 6.07 Å². The van der Waals surface area contributed by atoms with Crippen molar-refractivity contribution in [1.29, 1.82) is 5.26 Å². The van der Waals surface area contributed by atoms with Crippen LogP contribution in [-0.4, -0.2) is 11.6 Å². The van der Waals surface area contributed by atoms with E-state index in [2.05, 4.69) is 5.32 Å². The summed E-state index contributed by atoms with van der Waals surface area (Å²) in [6.45, 7) is 3.70. The van der Waals surface area contributed by atoms with E-state index in [1.165, 1.54) is 0 Å². The number of nitrogens with zero attached hydrogens (tertiary/aromatic N) is 1. The summed E-state index contributed by atoms with van der Waals surface area (Å²) in [6, 6.07) is 11.4. The molecule has 0 radical (unpaired) electrons. The molecule has 0 heterocycles. The van der Waals surface area contributed by atoms with Crippen molar-refractivity contribution in [3.05, 3.63) is 35.9 Å². The number of ether oxygens (including phenoxy) is 1. The summed E-state index contributed by atoms with van der Waals surface area (Å²) in [6.07, 6.45) is -0.0380. The molecule has 0 spiro atoms. The van der Waals surface area contributed by atoms with Gasteiger partial charge < -0.3 is 10.1 Å². The predicted molar refractivity (Wildman–Crippen MR) is 64.1 cm³/mol. The number of alkyl carbamates (subject to hydrolysis) is 1. The van der Waals surface area contributed by atoms with E-state index in [1.54, 1.807) is 6.92 Å². The zero-order valence-electron chi connectivity index (χ0n) is 10.1. The van der Waals surface area contributed by atoms with E-state index < -0.39 is 11.6 Å². The Hall–Kier alpha value is -2.02. The van der Waals surface area contributed by atoms with Crippen molar-refractivity contribution in [2.24, 2.45) is 0 Å². The summed E-state index contributed by atoms with van der Waals surface area (Å²) in [4.78, 5) is 11.5. The van der Waals surface area contributed by atoms with Gasteiger partial charge in [-0.15, -0.1) is 0 Å². The minimum absolute atomic E-state index is 0.206. The summed E-state index contributed by atoms with van der Waals surface area (Å²) in [5, 5.41) is 11.4. The Labute approximate surface area is 101 Å². The first kappa shape index (κ1) is 13.0. The first-order valence-corrected chi connectivity index (χ1v) is 5.50. The average Bonchev–Trinajstić information content (AvgIpc) is 2.37. The van der Waals surface area contributed by atoms with Crippen molar-refractivity contribution in [3.8, 4) is 6.07 Å². The maximum absolute atomic E-state index is 11.5. The first-order chi connectivity index (χ1) is 8.09. The molecule has 0 aliphatic carbocycles. The molecule has 0 bridgehead atoms. The minimum Gasteiger partial charge on any atom is -0.445 e. The Morgan fingerprint density at radius 1 is 1.47 bits per heavy atom. The SMILES string of the molecule is CCC(C)(C#N)NC(=O)OCc1ccccc1. The molecule has 1 rings (SSSR count). The molecule has 1 amide bonds. The molecule has 90 valence electrons. The van der Waals surface area contributed by atoms with E-state index in [1.807, 2.05) is 43.3 Å². The van der Waals surface area contributed by atoms with Crippen LogP contribution in [0.15, 0.2) is 30.3 Å². The molecule has 0 aromatic heterocycles. The molecular formula is C13H16N2O2. The van der Waals surface area contributed by atoms with Gasteiger partial charge in [0.15, 0.2) is 0 Å². The van der Waals surface area contributed by atoms with Gasteiger partial charge in [-0.25, -0.2) is 4.79 Å². The van der Waals surface area contributed by atoms with Gasteiger partial charge in [0.2, 0.25) is 0 Å². The van der Waals surface area contributed by atoms with Gasteiger partial charge in [-0.1, -0.05) is 37.3 Å². The molecule has 0 fully saturated rings. The number of carbonyl (C=O) groups excluding carboxylic acids is 1. The molecule has 4 nitrogen and oxygen atoms in total. The molecular weight excluding hydrogens is 216 g/mol. The van der Waals surface area contributed by atoms with Crippen LogP contribution in [0.5, 0.6) is 0 Å². The topological polar surface area (TPSA) is 62.1 Å². The molecule has 1 aromatic carbocycles.